The number of thiophene rings is 1. The molecule has 2 heterocycles. The monoisotopic (exact) mass is 416 g/mol. The van der Waals surface area contributed by atoms with Gasteiger partial charge in [-0.1, -0.05) is 30.3 Å². The SMILES string of the molecule is COc1ccc(-c2c3c(nc4sc(C(C)=O)c(N)c24)-c2ccccc2C3)cc1OC. The van der Waals surface area contributed by atoms with Gasteiger partial charge in [0, 0.05) is 24.3 Å². The van der Waals surface area contributed by atoms with Crippen molar-refractivity contribution >= 4 is 33.0 Å². The first-order valence-electron chi connectivity index (χ1n) is 9.60. The predicted octanol–water partition coefficient (Wildman–Crippen LogP) is 5.34. The fourth-order valence-electron chi connectivity index (χ4n) is 4.25. The maximum atomic E-state index is 12.2. The summed E-state index contributed by atoms with van der Waals surface area (Å²) in [5.41, 5.74) is 13.4. The summed E-state index contributed by atoms with van der Waals surface area (Å²) < 4.78 is 11.0. The molecule has 0 amide bonds. The smallest absolute Gasteiger partial charge is 0.171 e. The van der Waals surface area contributed by atoms with Crippen molar-refractivity contribution in [2.24, 2.45) is 0 Å². The molecule has 0 fully saturated rings. The molecule has 5 nitrogen and oxygen atoms in total. The highest BCUT2D eigenvalue weighted by molar-refractivity contribution is 7.21. The third-order valence-corrected chi connectivity index (χ3v) is 6.81. The van der Waals surface area contributed by atoms with E-state index in [9.17, 15) is 4.79 Å². The van der Waals surface area contributed by atoms with Crippen LogP contribution in [0.25, 0.3) is 32.6 Å². The quantitative estimate of drug-likeness (QED) is 0.401. The van der Waals surface area contributed by atoms with Crippen LogP contribution in [0.4, 0.5) is 5.69 Å². The molecule has 150 valence electrons. The summed E-state index contributed by atoms with van der Waals surface area (Å²) >= 11 is 1.36. The van der Waals surface area contributed by atoms with Gasteiger partial charge in [0.1, 0.15) is 4.83 Å². The number of ketones is 1. The largest absolute Gasteiger partial charge is 0.493 e. The molecule has 1 aliphatic carbocycles. The number of nitrogens with zero attached hydrogens (tertiary/aromatic N) is 1. The first-order valence-corrected chi connectivity index (χ1v) is 10.4. The summed E-state index contributed by atoms with van der Waals surface area (Å²) in [6.07, 6.45) is 0.767. The number of anilines is 1. The Labute approximate surface area is 178 Å². The number of benzene rings is 2. The van der Waals surface area contributed by atoms with Crippen molar-refractivity contribution in [3.8, 4) is 33.9 Å². The van der Waals surface area contributed by atoms with Gasteiger partial charge in [0.25, 0.3) is 0 Å². The molecule has 0 bridgehead atoms. The standard InChI is InChI=1S/C24H20N2O3S/c1-12(27)23-21(25)20-19(14-8-9-17(28-2)18(11-14)29-3)16-10-13-6-4-5-7-15(13)22(16)26-24(20)30-23/h4-9,11H,10,25H2,1-3H3. The van der Waals surface area contributed by atoms with Crippen LogP contribution in [0.15, 0.2) is 42.5 Å². The molecule has 5 rings (SSSR count). The van der Waals surface area contributed by atoms with E-state index in [-0.39, 0.29) is 5.78 Å². The highest BCUT2D eigenvalue weighted by Gasteiger charge is 2.29. The molecule has 0 spiro atoms. The number of rotatable bonds is 4. The van der Waals surface area contributed by atoms with Gasteiger partial charge < -0.3 is 15.2 Å². The molecule has 4 aromatic rings. The van der Waals surface area contributed by atoms with E-state index in [0.717, 1.165) is 44.6 Å². The van der Waals surface area contributed by atoms with Crippen LogP contribution in [0.1, 0.15) is 27.7 Å². The summed E-state index contributed by atoms with van der Waals surface area (Å²) in [6, 6.07) is 14.2. The number of carbonyl (C=O) groups excluding carboxylic acids is 1. The number of ether oxygens (including phenoxy) is 2. The lowest BCUT2D eigenvalue weighted by atomic mass is 9.94. The number of hydrogen-bond donors (Lipinski definition) is 1. The van der Waals surface area contributed by atoms with Gasteiger partial charge in [-0.25, -0.2) is 4.98 Å². The number of carbonyl (C=O) groups is 1. The minimum atomic E-state index is -0.0469. The van der Waals surface area contributed by atoms with Crippen LogP contribution in [-0.4, -0.2) is 25.0 Å². The average Bonchev–Trinajstić information content (AvgIpc) is 3.29. The Balaban J connectivity index is 1.89. The van der Waals surface area contributed by atoms with Crippen LogP contribution >= 0.6 is 11.3 Å². The van der Waals surface area contributed by atoms with Crippen molar-refractivity contribution in [1.29, 1.82) is 0 Å². The molecule has 0 unspecified atom stereocenters. The summed E-state index contributed by atoms with van der Waals surface area (Å²) in [4.78, 5) is 18.5. The maximum Gasteiger partial charge on any atom is 0.171 e. The van der Waals surface area contributed by atoms with Crippen molar-refractivity contribution < 1.29 is 14.3 Å². The summed E-state index contributed by atoms with van der Waals surface area (Å²) in [5, 5.41) is 0.837. The Morgan fingerprint density at radius 3 is 2.60 bits per heavy atom. The Morgan fingerprint density at radius 2 is 1.87 bits per heavy atom. The van der Waals surface area contributed by atoms with Crippen molar-refractivity contribution in [3.63, 3.8) is 0 Å². The maximum absolute atomic E-state index is 12.2. The molecule has 0 aliphatic heterocycles. The topological polar surface area (TPSA) is 74.4 Å². The van der Waals surface area contributed by atoms with E-state index < -0.39 is 0 Å². The van der Waals surface area contributed by atoms with Gasteiger partial charge in [-0.05, 0) is 34.4 Å². The zero-order chi connectivity index (χ0) is 21.0. The molecule has 0 saturated carbocycles. The first kappa shape index (κ1) is 18.6. The van der Waals surface area contributed by atoms with Crippen LogP contribution in [0.2, 0.25) is 0 Å². The summed E-state index contributed by atoms with van der Waals surface area (Å²) in [6.45, 7) is 1.54. The molecule has 1 aliphatic rings. The van der Waals surface area contributed by atoms with E-state index in [0.29, 0.717) is 22.1 Å². The number of nitrogen functional groups attached to an aromatic ring is 1. The minimum Gasteiger partial charge on any atom is -0.493 e. The Kier molecular flexibility index (Phi) is 4.25. The Hall–Kier alpha value is -3.38. The van der Waals surface area contributed by atoms with E-state index in [2.05, 4.69) is 12.1 Å². The van der Waals surface area contributed by atoms with Gasteiger partial charge in [0.2, 0.25) is 0 Å². The van der Waals surface area contributed by atoms with Crippen molar-refractivity contribution in [2.45, 2.75) is 13.3 Å². The number of fused-ring (bicyclic) bond motifs is 4. The second-order valence-corrected chi connectivity index (χ2v) is 8.30. The number of methoxy groups -OCH3 is 2. The van der Waals surface area contributed by atoms with Crippen LogP contribution < -0.4 is 15.2 Å². The van der Waals surface area contributed by atoms with Crippen molar-refractivity contribution in [1.82, 2.24) is 4.98 Å². The van der Waals surface area contributed by atoms with Crippen molar-refractivity contribution in [2.75, 3.05) is 20.0 Å². The second kappa shape index (κ2) is 6.85. The number of aromatic nitrogens is 1. The average molecular weight is 417 g/mol. The van der Waals surface area contributed by atoms with Gasteiger partial charge in [0.15, 0.2) is 17.3 Å². The first-order chi connectivity index (χ1) is 14.5. The summed E-state index contributed by atoms with van der Waals surface area (Å²) in [7, 11) is 3.24. The van der Waals surface area contributed by atoms with Gasteiger partial charge in [0.05, 0.1) is 30.5 Å². The number of Topliss-reactive ketones (excluding diaryl/α,β-unsaturated/α-hetero) is 1. The number of pyridine rings is 1. The van der Waals surface area contributed by atoms with E-state index in [1.807, 2.05) is 30.3 Å². The lowest BCUT2D eigenvalue weighted by Crippen LogP contribution is -1.98. The Bertz CT molecular complexity index is 1340. The summed E-state index contributed by atoms with van der Waals surface area (Å²) in [5.74, 6) is 1.26. The fraction of sp³-hybridized carbons (Fsp3) is 0.167. The molecule has 0 atom stereocenters. The van der Waals surface area contributed by atoms with Gasteiger partial charge >= 0.3 is 0 Å². The Morgan fingerprint density at radius 1 is 1.10 bits per heavy atom. The van der Waals surface area contributed by atoms with Gasteiger partial charge in [-0.15, -0.1) is 11.3 Å². The molecular formula is C24H20N2O3S. The van der Waals surface area contributed by atoms with E-state index >= 15 is 0 Å². The van der Waals surface area contributed by atoms with Crippen molar-refractivity contribution in [3.05, 3.63) is 58.5 Å². The molecule has 0 saturated heterocycles. The third kappa shape index (κ3) is 2.60. The third-order valence-electron chi connectivity index (χ3n) is 5.61. The fourth-order valence-corrected chi connectivity index (χ4v) is 5.25. The zero-order valence-corrected chi connectivity index (χ0v) is 17.7. The molecule has 0 radical (unpaired) electrons. The predicted molar refractivity (Wildman–Crippen MR) is 121 cm³/mol. The van der Waals surface area contributed by atoms with Crippen LogP contribution in [0.3, 0.4) is 0 Å². The molecule has 6 heteroatoms. The molecule has 2 aromatic heterocycles. The minimum absolute atomic E-state index is 0.0469. The normalized spacial score (nSPS) is 12.0. The van der Waals surface area contributed by atoms with Gasteiger partial charge in [-0.2, -0.15) is 0 Å². The molecule has 2 aromatic carbocycles. The van der Waals surface area contributed by atoms with E-state index in [4.69, 9.17) is 20.2 Å². The number of hydrogen-bond acceptors (Lipinski definition) is 6. The van der Waals surface area contributed by atoms with Crippen LogP contribution in [-0.2, 0) is 6.42 Å². The molecule has 2 N–H and O–H groups in total. The zero-order valence-electron chi connectivity index (χ0n) is 16.9. The van der Waals surface area contributed by atoms with E-state index in [1.165, 1.54) is 16.9 Å². The number of nitrogens with two attached hydrogens (primary N) is 1. The lowest BCUT2D eigenvalue weighted by Gasteiger charge is -2.14. The van der Waals surface area contributed by atoms with Crippen LogP contribution in [0, 0.1) is 0 Å². The highest BCUT2D eigenvalue weighted by Crippen LogP contribution is 2.49. The van der Waals surface area contributed by atoms with Gasteiger partial charge in [-0.3, -0.25) is 4.79 Å². The highest BCUT2D eigenvalue weighted by atomic mass is 32.1. The molecule has 30 heavy (non-hydrogen) atoms. The lowest BCUT2D eigenvalue weighted by molar-refractivity contribution is 0.102. The van der Waals surface area contributed by atoms with E-state index in [1.54, 1.807) is 21.1 Å². The molecular weight excluding hydrogens is 396 g/mol. The second-order valence-electron chi connectivity index (χ2n) is 7.30. The van der Waals surface area contributed by atoms with Crippen LogP contribution in [0.5, 0.6) is 11.5 Å².